The predicted octanol–water partition coefficient (Wildman–Crippen LogP) is 3.43. The Bertz CT molecular complexity index is 470. The highest BCUT2D eigenvalue weighted by molar-refractivity contribution is 7.13. The van der Waals surface area contributed by atoms with E-state index >= 15 is 0 Å². The number of nitrogens with zero attached hydrogens (tertiary/aromatic N) is 2. The Hall–Kier alpha value is -1.43. The summed E-state index contributed by atoms with van der Waals surface area (Å²) in [5, 5.41) is 5.19. The second-order valence-corrected chi connectivity index (χ2v) is 6.70. The summed E-state index contributed by atoms with van der Waals surface area (Å²) in [5.74, 6) is -0.0339. The van der Waals surface area contributed by atoms with Gasteiger partial charge < -0.3 is 10.2 Å². The third-order valence-corrected chi connectivity index (χ3v) is 4.76. The van der Waals surface area contributed by atoms with Gasteiger partial charge in [-0.1, -0.05) is 32.6 Å². The van der Waals surface area contributed by atoms with Crippen LogP contribution >= 0.6 is 11.3 Å². The molecule has 122 valence electrons. The standard InChI is InChI=1S/C16H25N3O2S/c1-2-3-9-15(21)19(13-7-5-4-6-8-13)12-14(20)18-16-17-10-11-22-16/h10-11,13H,2-9,12H2,1H3,(H,17,18,20). The first-order chi connectivity index (χ1) is 10.7. The van der Waals surface area contributed by atoms with Crippen LogP contribution in [0.15, 0.2) is 11.6 Å². The van der Waals surface area contributed by atoms with Crippen LogP contribution in [0.3, 0.4) is 0 Å². The van der Waals surface area contributed by atoms with Crippen LogP contribution in [0.2, 0.25) is 0 Å². The van der Waals surface area contributed by atoms with Crippen molar-refractivity contribution in [2.75, 3.05) is 11.9 Å². The van der Waals surface area contributed by atoms with Crippen LogP contribution in [0.5, 0.6) is 0 Å². The largest absolute Gasteiger partial charge is 0.330 e. The van der Waals surface area contributed by atoms with E-state index in [1.165, 1.54) is 17.8 Å². The highest BCUT2D eigenvalue weighted by Gasteiger charge is 2.26. The van der Waals surface area contributed by atoms with Crippen molar-refractivity contribution in [3.05, 3.63) is 11.6 Å². The van der Waals surface area contributed by atoms with E-state index < -0.39 is 0 Å². The van der Waals surface area contributed by atoms with Crippen LogP contribution in [0, 0.1) is 0 Å². The van der Waals surface area contributed by atoms with Crippen LogP contribution in [0.4, 0.5) is 5.13 Å². The van der Waals surface area contributed by atoms with Gasteiger partial charge in [-0.05, 0) is 19.3 Å². The number of carbonyl (C=O) groups is 2. The molecule has 0 aliphatic heterocycles. The molecule has 2 amide bonds. The molecule has 0 atom stereocenters. The third-order valence-electron chi connectivity index (χ3n) is 4.07. The van der Waals surface area contributed by atoms with Crippen LogP contribution in [-0.4, -0.2) is 34.3 Å². The number of rotatable bonds is 7. The second kappa shape index (κ2) is 8.88. The highest BCUT2D eigenvalue weighted by atomic mass is 32.1. The summed E-state index contributed by atoms with van der Waals surface area (Å²) in [7, 11) is 0. The Labute approximate surface area is 136 Å². The molecule has 1 N–H and O–H groups in total. The molecule has 5 nitrogen and oxygen atoms in total. The second-order valence-electron chi connectivity index (χ2n) is 5.80. The molecule has 1 aromatic rings. The smallest absolute Gasteiger partial charge is 0.245 e. The van der Waals surface area contributed by atoms with Crippen molar-refractivity contribution in [3.8, 4) is 0 Å². The molecule has 1 heterocycles. The van der Waals surface area contributed by atoms with Gasteiger partial charge in [0.1, 0.15) is 6.54 Å². The minimum atomic E-state index is -0.148. The summed E-state index contributed by atoms with van der Waals surface area (Å²) < 4.78 is 0. The van der Waals surface area contributed by atoms with E-state index in [1.54, 1.807) is 11.1 Å². The number of hydrogen-bond donors (Lipinski definition) is 1. The molecular formula is C16H25N3O2S. The lowest BCUT2D eigenvalue weighted by molar-refractivity contribution is -0.137. The van der Waals surface area contributed by atoms with Crippen molar-refractivity contribution in [2.45, 2.75) is 64.3 Å². The average Bonchev–Trinajstić information content (AvgIpc) is 3.04. The zero-order valence-corrected chi connectivity index (χ0v) is 14.0. The van der Waals surface area contributed by atoms with Gasteiger partial charge in [-0.15, -0.1) is 11.3 Å². The van der Waals surface area contributed by atoms with Gasteiger partial charge in [0, 0.05) is 24.0 Å². The topological polar surface area (TPSA) is 62.3 Å². The van der Waals surface area contributed by atoms with Crippen molar-refractivity contribution >= 4 is 28.3 Å². The molecule has 22 heavy (non-hydrogen) atoms. The fourth-order valence-corrected chi connectivity index (χ4v) is 3.43. The van der Waals surface area contributed by atoms with Gasteiger partial charge in [-0.25, -0.2) is 4.98 Å². The number of nitrogens with one attached hydrogen (secondary N) is 1. The maximum absolute atomic E-state index is 12.5. The number of amides is 2. The van der Waals surface area contributed by atoms with Crippen molar-refractivity contribution in [3.63, 3.8) is 0 Å². The zero-order chi connectivity index (χ0) is 15.8. The molecule has 0 saturated heterocycles. The van der Waals surface area contributed by atoms with Gasteiger partial charge in [0.2, 0.25) is 11.8 Å². The molecule has 1 fully saturated rings. The van der Waals surface area contributed by atoms with E-state index in [4.69, 9.17) is 0 Å². The molecular weight excluding hydrogens is 298 g/mol. The van der Waals surface area contributed by atoms with Crippen molar-refractivity contribution in [2.24, 2.45) is 0 Å². The number of anilines is 1. The van der Waals surface area contributed by atoms with E-state index in [1.807, 2.05) is 5.38 Å². The highest BCUT2D eigenvalue weighted by Crippen LogP contribution is 2.23. The lowest BCUT2D eigenvalue weighted by atomic mass is 9.93. The predicted molar refractivity (Wildman–Crippen MR) is 88.9 cm³/mol. The van der Waals surface area contributed by atoms with Gasteiger partial charge in [0.05, 0.1) is 0 Å². The molecule has 0 aromatic carbocycles. The maximum Gasteiger partial charge on any atom is 0.245 e. The van der Waals surface area contributed by atoms with E-state index in [0.29, 0.717) is 11.6 Å². The first kappa shape index (κ1) is 16.9. The van der Waals surface area contributed by atoms with Crippen LogP contribution in [-0.2, 0) is 9.59 Å². The van der Waals surface area contributed by atoms with Crippen LogP contribution in [0.25, 0.3) is 0 Å². The molecule has 2 rings (SSSR count). The van der Waals surface area contributed by atoms with Gasteiger partial charge >= 0.3 is 0 Å². The molecule has 0 unspecified atom stereocenters. The summed E-state index contributed by atoms with van der Waals surface area (Å²) in [6.45, 7) is 2.22. The van der Waals surface area contributed by atoms with Crippen molar-refractivity contribution in [1.82, 2.24) is 9.88 Å². The molecule has 0 bridgehead atoms. The third kappa shape index (κ3) is 5.09. The minimum Gasteiger partial charge on any atom is -0.330 e. The van der Waals surface area contributed by atoms with Crippen LogP contribution in [0.1, 0.15) is 58.3 Å². The monoisotopic (exact) mass is 323 g/mol. The Kier molecular flexibility index (Phi) is 6.83. The molecule has 1 aromatic heterocycles. The summed E-state index contributed by atoms with van der Waals surface area (Å²) in [4.78, 5) is 30.5. The number of aromatic nitrogens is 1. The number of hydrogen-bond acceptors (Lipinski definition) is 4. The van der Waals surface area contributed by atoms with Gasteiger partial charge in [0.15, 0.2) is 5.13 Å². The maximum atomic E-state index is 12.5. The average molecular weight is 323 g/mol. The van der Waals surface area contributed by atoms with Crippen molar-refractivity contribution in [1.29, 1.82) is 0 Å². The first-order valence-corrected chi connectivity index (χ1v) is 9.07. The van der Waals surface area contributed by atoms with Gasteiger partial charge in [-0.3, -0.25) is 9.59 Å². The Morgan fingerprint density at radius 1 is 1.36 bits per heavy atom. The SMILES string of the molecule is CCCCC(=O)N(CC(=O)Nc1nccs1)C1CCCCC1. The molecule has 0 radical (unpaired) electrons. The van der Waals surface area contributed by atoms with Crippen LogP contribution < -0.4 is 5.32 Å². The summed E-state index contributed by atoms with van der Waals surface area (Å²) in [5.41, 5.74) is 0. The zero-order valence-electron chi connectivity index (χ0n) is 13.2. The van der Waals surface area contributed by atoms with E-state index in [-0.39, 0.29) is 24.4 Å². The molecule has 1 aliphatic carbocycles. The lowest BCUT2D eigenvalue weighted by Gasteiger charge is -2.34. The quantitative estimate of drug-likeness (QED) is 0.836. The van der Waals surface area contributed by atoms with E-state index in [2.05, 4.69) is 17.2 Å². The summed E-state index contributed by atoms with van der Waals surface area (Å²) in [6, 6.07) is 0.222. The number of unbranched alkanes of at least 4 members (excludes halogenated alkanes) is 1. The fraction of sp³-hybridized carbons (Fsp3) is 0.688. The van der Waals surface area contributed by atoms with E-state index in [9.17, 15) is 9.59 Å². The molecule has 6 heteroatoms. The Balaban J connectivity index is 1.96. The van der Waals surface area contributed by atoms with Crippen molar-refractivity contribution < 1.29 is 9.59 Å². The van der Waals surface area contributed by atoms with E-state index in [0.717, 1.165) is 38.5 Å². The Morgan fingerprint density at radius 2 is 2.14 bits per heavy atom. The Morgan fingerprint density at radius 3 is 2.77 bits per heavy atom. The number of thiazole rings is 1. The minimum absolute atomic E-state index is 0.114. The summed E-state index contributed by atoms with van der Waals surface area (Å²) >= 11 is 1.39. The van der Waals surface area contributed by atoms with Gasteiger partial charge in [0.25, 0.3) is 0 Å². The lowest BCUT2D eigenvalue weighted by Crippen LogP contribution is -2.45. The molecule has 0 spiro atoms. The summed E-state index contributed by atoms with van der Waals surface area (Å²) in [6.07, 6.45) is 9.64. The fourth-order valence-electron chi connectivity index (χ4n) is 2.88. The van der Waals surface area contributed by atoms with Gasteiger partial charge in [-0.2, -0.15) is 0 Å². The number of carbonyl (C=O) groups excluding carboxylic acids is 2. The molecule has 1 saturated carbocycles. The normalized spacial score (nSPS) is 15.5. The molecule has 1 aliphatic rings. The first-order valence-electron chi connectivity index (χ1n) is 8.19.